The molecule has 0 spiro atoms. The Morgan fingerprint density at radius 3 is 1.96 bits per heavy atom. The summed E-state index contributed by atoms with van der Waals surface area (Å²) in [5, 5.41) is 8.89. The standard InChI is InChI=1S/C17H34O2.C3H5NO2S/c1-3-5-7-8-9-10-11-12-13-15-16(17(18)19)14-6-4-2;5-3-6-2-1-4-7-3/h16H,3-15H2,1-2H3,(H,18,19);4H,1-2H2. The van der Waals surface area contributed by atoms with Crippen LogP contribution in [0, 0.1) is 5.92 Å². The SMILES string of the molecule is CCCCCCCCCCCC(CCCC)C(=O)O.O=C1OCCNS1. The quantitative estimate of drug-likeness (QED) is 0.210. The monoisotopic (exact) mass is 389 g/mol. The van der Waals surface area contributed by atoms with E-state index >= 15 is 0 Å². The van der Waals surface area contributed by atoms with Crippen LogP contribution in [-0.4, -0.2) is 29.5 Å². The number of carbonyl (C=O) groups is 2. The van der Waals surface area contributed by atoms with E-state index in [-0.39, 0.29) is 11.2 Å². The summed E-state index contributed by atoms with van der Waals surface area (Å²) in [5.41, 5.74) is 0. The smallest absolute Gasteiger partial charge is 0.382 e. The Hall–Kier alpha value is -0.750. The third-order valence-electron chi connectivity index (χ3n) is 4.49. The topological polar surface area (TPSA) is 75.6 Å². The highest BCUT2D eigenvalue weighted by atomic mass is 32.2. The lowest BCUT2D eigenvalue weighted by molar-refractivity contribution is -0.142. The number of carboxylic acid groups (broad SMARTS) is 1. The zero-order valence-electron chi connectivity index (χ0n) is 16.8. The number of hydrogen-bond acceptors (Lipinski definition) is 5. The summed E-state index contributed by atoms with van der Waals surface area (Å²) in [7, 11) is 0. The fourth-order valence-corrected chi connectivity index (χ4v) is 3.30. The Morgan fingerprint density at radius 2 is 1.54 bits per heavy atom. The van der Waals surface area contributed by atoms with Crippen LogP contribution in [0.15, 0.2) is 0 Å². The Balaban J connectivity index is 0.000000735. The molecule has 1 fully saturated rings. The summed E-state index contributed by atoms with van der Waals surface area (Å²) in [6.07, 6.45) is 15.6. The molecule has 1 aliphatic heterocycles. The van der Waals surface area contributed by atoms with Crippen LogP contribution >= 0.6 is 11.9 Å². The largest absolute Gasteiger partial charge is 0.481 e. The molecular formula is C20H39NO4S. The minimum Gasteiger partial charge on any atom is -0.481 e. The Labute approximate surface area is 164 Å². The molecule has 0 radical (unpaired) electrons. The molecule has 0 aromatic rings. The first-order valence-electron chi connectivity index (χ1n) is 10.4. The predicted octanol–water partition coefficient (Wildman–Crippen LogP) is 6.17. The average molecular weight is 390 g/mol. The molecule has 0 aromatic carbocycles. The molecule has 0 saturated carbocycles. The van der Waals surface area contributed by atoms with Crippen molar-refractivity contribution in [1.29, 1.82) is 0 Å². The van der Waals surface area contributed by atoms with Crippen molar-refractivity contribution in [2.75, 3.05) is 13.2 Å². The van der Waals surface area contributed by atoms with Gasteiger partial charge in [0.25, 0.3) is 0 Å². The number of rotatable bonds is 14. The normalized spacial score (nSPS) is 14.9. The summed E-state index contributed by atoms with van der Waals surface area (Å²) in [6, 6.07) is 0. The number of carboxylic acids is 1. The minimum absolute atomic E-state index is 0.0931. The predicted molar refractivity (Wildman–Crippen MR) is 109 cm³/mol. The molecule has 154 valence electrons. The molecule has 1 rings (SSSR count). The third-order valence-corrected chi connectivity index (χ3v) is 5.12. The molecule has 1 atom stereocenters. The lowest BCUT2D eigenvalue weighted by Gasteiger charge is -2.11. The van der Waals surface area contributed by atoms with Crippen LogP contribution in [0.2, 0.25) is 0 Å². The molecule has 2 N–H and O–H groups in total. The summed E-state index contributed by atoms with van der Waals surface area (Å²) < 4.78 is 7.32. The number of hydrogen-bond donors (Lipinski definition) is 2. The van der Waals surface area contributed by atoms with Gasteiger partial charge in [-0.05, 0) is 12.8 Å². The number of unbranched alkanes of at least 4 members (excludes halogenated alkanes) is 9. The molecule has 0 bridgehead atoms. The lowest BCUT2D eigenvalue weighted by Crippen LogP contribution is -2.22. The van der Waals surface area contributed by atoms with Gasteiger partial charge in [-0.15, -0.1) is 0 Å². The van der Waals surface area contributed by atoms with E-state index < -0.39 is 5.97 Å². The zero-order valence-corrected chi connectivity index (χ0v) is 17.6. The van der Waals surface area contributed by atoms with Crippen molar-refractivity contribution in [3.05, 3.63) is 0 Å². The van der Waals surface area contributed by atoms with Gasteiger partial charge in [-0.1, -0.05) is 84.5 Å². The fourth-order valence-electron chi connectivity index (χ4n) is 2.86. The van der Waals surface area contributed by atoms with Crippen molar-refractivity contribution >= 4 is 23.2 Å². The van der Waals surface area contributed by atoms with E-state index in [2.05, 4.69) is 23.3 Å². The molecule has 0 amide bonds. The number of aliphatic carboxylic acids is 1. The first-order valence-corrected chi connectivity index (χ1v) is 11.2. The van der Waals surface area contributed by atoms with Crippen LogP contribution in [0.4, 0.5) is 4.79 Å². The van der Waals surface area contributed by atoms with Gasteiger partial charge in [0.15, 0.2) is 0 Å². The second-order valence-corrected chi connectivity index (χ2v) is 7.72. The second-order valence-electron chi connectivity index (χ2n) is 6.89. The lowest BCUT2D eigenvalue weighted by atomic mass is 9.95. The molecule has 1 aliphatic rings. The number of carbonyl (C=O) groups excluding carboxylic acids is 1. The van der Waals surface area contributed by atoms with E-state index in [4.69, 9.17) is 5.11 Å². The van der Waals surface area contributed by atoms with Gasteiger partial charge >= 0.3 is 11.3 Å². The van der Waals surface area contributed by atoms with E-state index in [1.165, 1.54) is 51.4 Å². The van der Waals surface area contributed by atoms with Gasteiger partial charge in [-0.25, -0.2) is 4.79 Å². The Bertz CT molecular complexity index is 345. The molecule has 0 aromatic heterocycles. The fraction of sp³-hybridized carbons (Fsp3) is 0.900. The van der Waals surface area contributed by atoms with Crippen LogP contribution < -0.4 is 4.72 Å². The van der Waals surface area contributed by atoms with E-state index in [0.717, 1.165) is 50.6 Å². The van der Waals surface area contributed by atoms with Crippen molar-refractivity contribution < 1.29 is 19.4 Å². The molecule has 1 unspecified atom stereocenters. The Morgan fingerprint density at radius 1 is 1.00 bits per heavy atom. The van der Waals surface area contributed by atoms with Crippen molar-refractivity contribution in [2.45, 2.75) is 97.3 Å². The third kappa shape index (κ3) is 16.7. The van der Waals surface area contributed by atoms with Gasteiger partial charge in [-0.3, -0.25) is 9.52 Å². The van der Waals surface area contributed by atoms with Crippen molar-refractivity contribution in [3.63, 3.8) is 0 Å². The highest BCUT2D eigenvalue weighted by molar-refractivity contribution is 8.11. The zero-order chi connectivity index (χ0) is 19.5. The average Bonchev–Trinajstić information content (AvgIpc) is 2.63. The molecule has 1 saturated heterocycles. The summed E-state index contributed by atoms with van der Waals surface area (Å²) in [5.74, 6) is -0.683. The molecule has 1 heterocycles. The first kappa shape index (κ1) is 25.2. The molecule has 26 heavy (non-hydrogen) atoms. The van der Waals surface area contributed by atoms with E-state index in [1.807, 2.05) is 0 Å². The van der Waals surface area contributed by atoms with Crippen molar-refractivity contribution in [3.8, 4) is 0 Å². The van der Waals surface area contributed by atoms with Gasteiger partial charge in [0.05, 0.1) is 5.92 Å². The minimum atomic E-state index is -0.590. The van der Waals surface area contributed by atoms with Crippen LogP contribution in [0.1, 0.15) is 97.3 Å². The maximum Gasteiger partial charge on any atom is 0.382 e. The molecular weight excluding hydrogens is 350 g/mol. The number of cyclic esters (lactones) is 1. The highest BCUT2D eigenvalue weighted by Gasteiger charge is 2.15. The van der Waals surface area contributed by atoms with Gasteiger partial charge in [0, 0.05) is 18.5 Å². The van der Waals surface area contributed by atoms with Gasteiger partial charge in [0.1, 0.15) is 6.61 Å². The van der Waals surface area contributed by atoms with E-state index in [1.54, 1.807) is 0 Å². The molecule has 5 nitrogen and oxygen atoms in total. The summed E-state index contributed by atoms with van der Waals surface area (Å²) in [6.45, 7) is 5.64. The van der Waals surface area contributed by atoms with E-state index in [0.29, 0.717) is 6.61 Å². The second kappa shape index (κ2) is 19.0. The van der Waals surface area contributed by atoms with E-state index in [9.17, 15) is 9.59 Å². The first-order chi connectivity index (χ1) is 12.6. The maximum atomic E-state index is 11.1. The molecule has 6 heteroatoms. The number of nitrogens with one attached hydrogen (secondary N) is 1. The highest BCUT2D eigenvalue weighted by Crippen LogP contribution is 2.18. The van der Waals surface area contributed by atoms with Gasteiger partial charge in [0.2, 0.25) is 0 Å². The number of ether oxygens (including phenoxy) is 1. The van der Waals surface area contributed by atoms with Crippen LogP contribution in [-0.2, 0) is 9.53 Å². The van der Waals surface area contributed by atoms with Gasteiger partial charge < -0.3 is 9.84 Å². The molecule has 0 aliphatic carbocycles. The van der Waals surface area contributed by atoms with Crippen LogP contribution in [0.5, 0.6) is 0 Å². The van der Waals surface area contributed by atoms with Crippen molar-refractivity contribution in [2.24, 2.45) is 5.92 Å². The van der Waals surface area contributed by atoms with Crippen molar-refractivity contribution in [1.82, 2.24) is 4.72 Å². The summed E-state index contributed by atoms with van der Waals surface area (Å²) in [4.78, 5) is 21.2. The Kier molecular flexibility index (Phi) is 18.5. The van der Waals surface area contributed by atoms with Gasteiger partial charge in [-0.2, -0.15) is 0 Å². The summed E-state index contributed by atoms with van der Waals surface area (Å²) >= 11 is 1.01. The van der Waals surface area contributed by atoms with Crippen LogP contribution in [0.3, 0.4) is 0 Å². The maximum absolute atomic E-state index is 11.1. The van der Waals surface area contributed by atoms with Crippen LogP contribution in [0.25, 0.3) is 0 Å².